The predicted octanol–water partition coefficient (Wildman–Crippen LogP) is 2.09. The van der Waals surface area contributed by atoms with Crippen molar-refractivity contribution in [3.63, 3.8) is 0 Å². The number of pyridine rings is 1. The minimum Gasteiger partial charge on any atom is -0.473 e. The van der Waals surface area contributed by atoms with Crippen molar-refractivity contribution in [3.05, 3.63) is 17.3 Å². The van der Waals surface area contributed by atoms with Crippen molar-refractivity contribution in [1.29, 1.82) is 0 Å². The van der Waals surface area contributed by atoms with Crippen LogP contribution in [0.4, 0.5) is 5.69 Å². The predicted molar refractivity (Wildman–Crippen MR) is 54.7 cm³/mol. The Hall–Kier alpha value is -1.29. The van der Waals surface area contributed by atoms with Crippen LogP contribution in [0.3, 0.4) is 0 Å². The van der Waals surface area contributed by atoms with Crippen molar-refractivity contribution < 1.29 is 9.53 Å². The van der Waals surface area contributed by atoms with E-state index in [9.17, 15) is 4.79 Å². The first-order valence-electron chi connectivity index (χ1n) is 4.17. The minimum atomic E-state index is -0.0202. The summed E-state index contributed by atoms with van der Waals surface area (Å²) in [6.45, 7) is 3.74. The van der Waals surface area contributed by atoms with Crippen LogP contribution in [-0.2, 0) is 4.79 Å². The van der Waals surface area contributed by atoms with Gasteiger partial charge in [-0.15, -0.1) is 0 Å². The number of hydrogen-bond donors (Lipinski definition) is 1. The van der Waals surface area contributed by atoms with E-state index in [0.717, 1.165) is 0 Å². The van der Waals surface area contributed by atoms with Crippen LogP contribution in [0.15, 0.2) is 12.1 Å². The fourth-order valence-corrected chi connectivity index (χ4v) is 1.04. The summed E-state index contributed by atoms with van der Waals surface area (Å²) in [5.74, 6) is 0.333. The van der Waals surface area contributed by atoms with E-state index in [0.29, 0.717) is 23.1 Å². The van der Waals surface area contributed by atoms with Gasteiger partial charge >= 0.3 is 0 Å². The molecule has 0 spiro atoms. The standard InChI is InChI=1S/C9H11ClN2O2/c1-6(2)14-9-7(11-5-13)3-4-8(10)12-9/h3-6H,1-2H3,(H,11,13). The highest BCUT2D eigenvalue weighted by molar-refractivity contribution is 6.29. The van der Waals surface area contributed by atoms with Crippen LogP contribution in [-0.4, -0.2) is 17.5 Å². The second-order valence-electron chi connectivity index (χ2n) is 2.92. The molecule has 0 unspecified atom stereocenters. The van der Waals surface area contributed by atoms with Crippen LogP contribution < -0.4 is 10.1 Å². The molecule has 1 amide bonds. The first-order valence-corrected chi connectivity index (χ1v) is 4.54. The molecular weight excluding hydrogens is 204 g/mol. The maximum Gasteiger partial charge on any atom is 0.239 e. The molecule has 1 rings (SSSR count). The van der Waals surface area contributed by atoms with Crippen molar-refractivity contribution in [1.82, 2.24) is 4.98 Å². The Kier molecular flexibility index (Phi) is 3.71. The van der Waals surface area contributed by atoms with E-state index in [4.69, 9.17) is 16.3 Å². The Morgan fingerprint density at radius 1 is 1.57 bits per heavy atom. The maximum absolute atomic E-state index is 10.3. The number of carbonyl (C=O) groups is 1. The van der Waals surface area contributed by atoms with Crippen LogP contribution in [0.1, 0.15) is 13.8 Å². The first kappa shape index (κ1) is 10.8. The summed E-state index contributed by atoms with van der Waals surface area (Å²) in [7, 11) is 0. The van der Waals surface area contributed by atoms with Crippen molar-refractivity contribution in [2.45, 2.75) is 20.0 Å². The Morgan fingerprint density at radius 3 is 2.86 bits per heavy atom. The normalized spacial score (nSPS) is 10.0. The average Bonchev–Trinajstić information content (AvgIpc) is 2.09. The van der Waals surface area contributed by atoms with Gasteiger partial charge in [0.05, 0.1) is 6.10 Å². The molecule has 76 valence electrons. The summed E-state index contributed by atoms with van der Waals surface area (Å²) in [6.07, 6.45) is 0.547. The lowest BCUT2D eigenvalue weighted by atomic mass is 10.4. The zero-order chi connectivity index (χ0) is 10.6. The number of halogens is 1. The van der Waals surface area contributed by atoms with Gasteiger partial charge in [-0.3, -0.25) is 4.79 Å². The van der Waals surface area contributed by atoms with Gasteiger partial charge in [0.2, 0.25) is 12.3 Å². The van der Waals surface area contributed by atoms with Gasteiger partial charge < -0.3 is 10.1 Å². The summed E-state index contributed by atoms with van der Waals surface area (Å²) in [6, 6.07) is 3.22. The van der Waals surface area contributed by atoms with Gasteiger partial charge in [0.15, 0.2) is 0 Å². The molecule has 0 aliphatic carbocycles. The van der Waals surface area contributed by atoms with E-state index in [1.165, 1.54) is 0 Å². The number of nitrogens with one attached hydrogen (secondary N) is 1. The molecule has 0 aliphatic heterocycles. The summed E-state index contributed by atoms with van der Waals surface area (Å²) < 4.78 is 5.36. The summed E-state index contributed by atoms with van der Waals surface area (Å²) in [4.78, 5) is 14.2. The third-order valence-corrected chi connectivity index (χ3v) is 1.60. The molecule has 5 heteroatoms. The van der Waals surface area contributed by atoms with Gasteiger partial charge in [0.25, 0.3) is 0 Å². The Balaban J connectivity index is 2.96. The summed E-state index contributed by atoms with van der Waals surface area (Å²) in [5.41, 5.74) is 0.512. The number of nitrogens with zero attached hydrogens (tertiary/aromatic N) is 1. The van der Waals surface area contributed by atoms with Crippen LogP contribution in [0, 0.1) is 0 Å². The average molecular weight is 215 g/mol. The monoisotopic (exact) mass is 214 g/mol. The van der Waals surface area contributed by atoms with E-state index >= 15 is 0 Å². The lowest BCUT2D eigenvalue weighted by molar-refractivity contribution is -0.105. The van der Waals surface area contributed by atoms with Gasteiger partial charge in [-0.25, -0.2) is 0 Å². The Morgan fingerprint density at radius 2 is 2.29 bits per heavy atom. The summed E-state index contributed by atoms with van der Waals surface area (Å²) >= 11 is 5.69. The zero-order valence-corrected chi connectivity index (χ0v) is 8.71. The van der Waals surface area contributed by atoms with Crippen molar-refractivity contribution in [2.24, 2.45) is 0 Å². The van der Waals surface area contributed by atoms with E-state index in [-0.39, 0.29) is 6.10 Å². The topological polar surface area (TPSA) is 51.2 Å². The number of anilines is 1. The number of ether oxygens (including phenoxy) is 1. The third kappa shape index (κ3) is 2.88. The smallest absolute Gasteiger partial charge is 0.239 e. The van der Waals surface area contributed by atoms with Gasteiger partial charge in [0, 0.05) is 0 Å². The molecule has 0 atom stereocenters. The molecule has 4 nitrogen and oxygen atoms in total. The molecule has 1 aromatic rings. The number of amides is 1. The highest BCUT2D eigenvalue weighted by Gasteiger charge is 2.07. The Bertz CT molecular complexity index is 329. The molecule has 1 N–H and O–H groups in total. The van der Waals surface area contributed by atoms with Gasteiger partial charge in [-0.1, -0.05) is 11.6 Å². The van der Waals surface area contributed by atoms with Crippen LogP contribution >= 0.6 is 11.6 Å². The van der Waals surface area contributed by atoms with E-state index < -0.39 is 0 Å². The van der Waals surface area contributed by atoms with Crippen molar-refractivity contribution in [3.8, 4) is 5.88 Å². The Labute approximate surface area is 87.2 Å². The van der Waals surface area contributed by atoms with Gasteiger partial charge in [-0.2, -0.15) is 4.98 Å². The molecule has 1 heterocycles. The number of aromatic nitrogens is 1. The van der Waals surface area contributed by atoms with E-state index in [2.05, 4.69) is 10.3 Å². The minimum absolute atomic E-state index is 0.0202. The summed E-state index contributed by atoms with van der Waals surface area (Å²) in [5, 5.41) is 2.81. The quantitative estimate of drug-likeness (QED) is 0.617. The fourth-order valence-electron chi connectivity index (χ4n) is 0.904. The second kappa shape index (κ2) is 4.81. The van der Waals surface area contributed by atoms with Gasteiger partial charge in [-0.05, 0) is 26.0 Å². The largest absolute Gasteiger partial charge is 0.473 e. The van der Waals surface area contributed by atoms with Gasteiger partial charge in [0.1, 0.15) is 10.8 Å². The van der Waals surface area contributed by atoms with E-state index in [1.54, 1.807) is 12.1 Å². The molecule has 0 aromatic carbocycles. The molecule has 0 fully saturated rings. The number of hydrogen-bond acceptors (Lipinski definition) is 3. The molecule has 0 aliphatic rings. The highest BCUT2D eigenvalue weighted by Crippen LogP contribution is 2.24. The first-order chi connectivity index (χ1) is 6.63. The molecule has 0 saturated heterocycles. The number of carbonyl (C=O) groups excluding carboxylic acids is 1. The zero-order valence-electron chi connectivity index (χ0n) is 7.95. The molecule has 0 bridgehead atoms. The molecule has 0 radical (unpaired) electrons. The molecule has 14 heavy (non-hydrogen) atoms. The second-order valence-corrected chi connectivity index (χ2v) is 3.30. The SMILES string of the molecule is CC(C)Oc1nc(Cl)ccc1NC=O. The number of rotatable bonds is 4. The van der Waals surface area contributed by atoms with Crippen molar-refractivity contribution >= 4 is 23.7 Å². The van der Waals surface area contributed by atoms with Crippen LogP contribution in [0.2, 0.25) is 5.15 Å². The molecule has 0 saturated carbocycles. The fraction of sp³-hybridized carbons (Fsp3) is 0.333. The lowest BCUT2D eigenvalue weighted by Gasteiger charge is -2.12. The van der Waals surface area contributed by atoms with Crippen LogP contribution in [0.25, 0.3) is 0 Å². The molecule has 1 aromatic heterocycles. The lowest BCUT2D eigenvalue weighted by Crippen LogP contribution is -2.09. The van der Waals surface area contributed by atoms with Crippen molar-refractivity contribution in [2.75, 3.05) is 5.32 Å². The highest BCUT2D eigenvalue weighted by atomic mass is 35.5. The molecular formula is C9H11ClN2O2. The maximum atomic E-state index is 10.3. The van der Waals surface area contributed by atoms with Crippen LogP contribution in [0.5, 0.6) is 5.88 Å². The third-order valence-electron chi connectivity index (χ3n) is 1.39. The van der Waals surface area contributed by atoms with E-state index in [1.807, 2.05) is 13.8 Å².